The van der Waals surface area contributed by atoms with Crippen molar-refractivity contribution in [1.29, 1.82) is 0 Å². The van der Waals surface area contributed by atoms with Crippen LogP contribution in [0.3, 0.4) is 0 Å². The first kappa shape index (κ1) is 18.3. The Labute approximate surface area is 154 Å². The highest BCUT2D eigenvalue weighted by Crippen LogP contribution is 2.30. The summed E-state index contributed by atoms with van der Waals surface area (Å²) < 4.78 is 11.3. The van der Waals surface area contributed by atoms with Gasteiger partial charge < -0.3 is 14.8 Å². The van der Waals surface area contributed by atoms with E-state index in [0.717, 1.165) is 25.2 Å². The lowest BCUT2D eigenvalue weighted by atomic mass is 10.1. The molecule has 3 rings (SSSR count). The minimum absolute atomic E-state index is 0.160. The van der Waals surface area contributed by atoms with E-state index < -0.39 is 6.10 Å². The van der Waals surface area contributed by atoms with Crippen molar-refractivity contribution in [3.63, 3.8) is 0 Å². The Bertz CT molecular complexity index is 726. The third kappa shape index (κ3) is 4.55. The quantitative estimate of drug-likeness (QED) is 0.830. The Balaban J connectivity index is 1.50. The van der Waals surface area contributed by atoms with Crippen LogP contribution >= 0.6 is 0 Å². The molecule has 0 saturated carbocycles. The lowest BCUT2D eigenvalue weighted by Gasteiger charge is -2.25. The lowest BCUT2D eigenvalue weighted by Crippen LogP contribution is -2.43. The normalized spacial score (nSPS) is 15.7. The van der Waals surface area contributed by atoms with Crippen molar-refractivity contribution in [3.05, 3.63) is 59.7 Å². The minimum atomic E-state index is -0.619. The Morgan fingerprint density at radius 1 is 1.04 bits per heavy atom. The van der Waals surface area contributed by atoms with E-state index >= 15 is 0 Å². The fraction of sp³-hybridized carbons (Fsp3) is 0.381. The summed E-state index contributed by atoms with van der Waals surface area (Å²) in [5.41, 5.74) is 2.35. The van der Waals surface area contributed by atoms with E-state index in [2.05, 4.69) is 48.3 Å². The summed E-state index contributed by atoms with van der Waals surface area (Å²) in [6, 6.07) is 15.8. The van der Waals surface area contributed by atoms with Crippen LogP contribution in [0.4, 0.5) is 0 Å². The van der Waals surface area contributed by atoms with Crippen molar-refractivity contribution in [3.8, 4) is 11.5 Å². The standard InChI is InChI=1S/C21H26N2O3/c1-3-23(4-2)14-17-11-9-16(10-12-17)13-22-21(24)20-15-25-18-7-5-6-8-19(18)26-20/h5-12,20H,3-4,13-15H2,1-2H3,(H,22,24)/t20-/m0/s1. The van der Waals surface area contributed by atoms with Crippen molar-refractivity contribution in [2.24, 2.45) is 0 Å². The van der Waals surface area contributed by atoms with Gasteiger partial charge in [-0.1, -0.05) is 50.2 Å². The molecule has 1 heterocycles. The number of para-hydroxylation sites is 2. The molecule has 5 nitrogen and oxygen atoms in total. The highest BCUT2D eigenvalue weighted by atomic mass is 16.6. The monoisotopic (exact) mass is 354 g/mol. The molecule has 1 atom stereocenters. The van der Waals surface area contributed by atoms with Gasteiger partial charge in [0.15, 0.2) is 11.5 Å². The number of amides is 1. The van der Waals surface area contributed by atoms with Crippen LogP contribution in [0.5, 0.6) is 11.5 Å². The molecule has 0 radical (unpaired) electrons. The van der Waals surface area contributed by atoms with Crippen LogP contribution in [-0.2, 0) is 17.9 Å². The SMILES string of the molecule is CCN(CC)Cc1ccc(CNC(=O)[C@@H]2COc3ccccc3O2)cc1. The van der Waals surface area contributed by atoms with Gasteiger partial charge in [-0.2, -0.15) is 0 Å². The molecular weight excluding hydrogens is 328 g/mol. The first-order chi connectivity index (χ1) is 12.7. The van der Waals surface area contributed by atoms with Crippen LogP contribution in [-0.4, -0.2) is 36.6 Å². The topological polar surface area (TPSA) is 50.8 Å². The molecule has 138 valence electrons. The molecule has 2 aromatic carbocycles. The van der Waals surface area contributed by atoms with E-state index in [0.29, 0.717) is 18.0 Å². The highest BCUT2D eigenvalue weighted by Gasteiger charge is 2.26. The Kier molecular flexibility index (Phi) is 6.12. The number of nitrogens with zero attached hydrogens (tertiary/aromatic N) is 1. The van der Waals surface area contributed by atoms with Gasteiger partial charge >= 0.3 is 0 Å². The van der Waals surface area contributed by atoms with Crippen LogP contribution in [0.25, 0.3) is 0 Å². The highest BCUT2D eigenvalue weighted by molar-refractivity contribution is 5.81. The largest absolute Gasteiger partial charge is 0.485 e. The van der Waals surface area contributed by atoms with Gasteiger partial charge in [-0.25, -0.2) is 0 Å². The summed E-state index contributed by atoms with van der Waals surface area (Å²) >= 11 is 0. The average Bonchev–Trinajstić information content (AvgIpc) is 2.70. The zero-order chi connectivity index (χ0) is 18.4. The van der Waals surface area contributed by atoms with Gasteiger partial charge in [-0.15, -0.1) is 0 Å². The molecule has 0 aromatic heterocycles. The fourth-order valence-corrected chi connectivity index (χ4v) is 2.92. The lowest BCUT2D eigenvalue weighted by molar-refractivity contribution is -0.130. The molecule has 0 fully saturated rings. The predicted octanol–water partition coefficient (Wildman–Crippen LogP) is 2.98. The van der Waals surface area contributed by atoms with Gasteiger partial charge in [-0.05, 0) is 36.3 Å². The number of rotatable bonds is 7. The van der Waals surface area contributed by atoms with Crippen LogP contribution in [0.1, 0.15) is 25.0 Å². The van der Waals surface area contributed by atoms with Gasteiger partial charge in [0.05, 0.1) is 0 Å². The number of hydrogen-bond donors (Lipinski definition) is 1. The van der Waals surface area contributed by atoms with E-state index in [9.17, 15) is 4.79 Å². The molecule has 0 bridgehead atoms. The van der Waals surface area contributed by atoms with Crippen molar-refractivity contribution >= 4 is 5.91 Å². The van der Waals surface area contributed by atoms with Crippen LogP contribution < -0.4 is 14.8 Å². The van der Waals surface area contributed by atoms with E-state index in [1.807, 2.05) is 24.3 Å². The first-order valence-electron chi connectivity index (χ1n) is 9.16. The Hall–Kier alpha value is -2.53. The number of carbonyl (C=O) groups is 1. The summed E-state index contributed by atoms with van der Waals surface area (Å²) in [6.45, 7) is 8.08. The molecule has 0 saturated heterocycles. The van der Waals surface area contributed by atoms with Gasteiger partial charge in [-0.3, -0.25) is 9.69 Å². The third-order valence-corrected chi connectivity index (χ3v) is 4.59. The van der Waals surface area contributed by atoms with Crippen molar-refractivity contribution in [2.75, 3.05) is 19.7 Å². The molecule has 2 aromatic rings. The van der Waals surface area contributed by atoms with Crippen LogP contribution in [0, 0.1) is 0 Å². The molecule has 0 spiro atoms. The second-order valence-electron chi connectivity index (χ2n) is 6.36. The van der Waals surface area contributed by atoms with Crippen molar-refractivity contribution < 1.29 is 14.3 Å². The number of ether oxygens (including phenoxy) is 2. The maximum atomic E-state index is 12.3. The first-order valence-corrected chi connectivity index (χ1v) is 9.16. The average molecular weight is 354 g/mol. The summed E-state index contributed by atoms with van der Waals surface area (Å²) in [5.74, 6) is 1.13. The summed E-state index contributed by atoms with van der Waals surface area (Å²) in [5, 5.41) is 2.93. The maximum Gasteiger partial charge on any atom is 0.264 e. The number of carbonyl (C=O) groups excluding carboxylic acids is 1. The Morgan fingerprint density at radius 2 is 1.69 bits per heavy atom. The zero-order valence-electron chi connectivity index (χ0n) is 15.4. The van der Waals surface area contributed by atoms with E-state index in [1.54, 1.807) is 0 Å². The number of benzene rings is 2. The summed E-state index contributed by atoms with van der Waals surface area (Å²) in [4.78, 5) is 14.7. The summed E-state index contributed by atoms with van der Waals surface area (Å²) in [7, 11) is 0. The second kappa shape index (κ2) is 8.72. The zero-order valence-corrected chi connectivity index (χ0v) is 15.4. The van der Waals surface area contributed by atoms with Crippen molar-refractivity contribution in [1.82, 2.24) is 10.2 Å². The minimum Gasteiger partial charge on any atom is -0.485 e. The number of hydrogen-bond acceptors (Lipinski definition) is 4. The third-order valence-electron chi connectivity index (χ3n) is 4.59. The smallest absolute Gasteiger partial charge is 0.264 e. The molecular formula is C21H26N2O3. The number of nitrogens with one attached hydrogen (secondary N) is 1. The molecule has 0 unspecified atom stereocenters. The molecule has 1 amide bonds. The van der Waals surface area contributed by atoms with Gasteiger partial charge in [0, 0.05) is 13.1 Å². The van der Waals surface area contributed by atoms with Gasteiger partial charge in [0.1, 0.15) is 6.61 Å². The molecule has 26 heavy (non-hydrogen) atoms. The number of fused-ring (bicyclic) bond motifs is 1. The maximum absolute atomic E-state index is 12.3. The van der Waals surface area contributed by atoms with Crippen molar-refractivity contribution in [2.45, 2.75) is 33.0 Å². The molecule has 5 heteroatoms. The van der Waals surface area contributed by atoms with Gasteiger partial charge in [0.25, 0.3) is 5.91 Å². The Morgan fingerprint density at radius 3 is 2.38 bits per heavy atom. The van der Waals surface area contributed by atoms with E-state index in [1.165, 1.54) is 5.56 Å². The molecule has 1 aliphatic rings. The predicted molar refractivity (Wildman–Crippen MR) is 101 cm³/mol. The van der Waals surface area contributed by atoms with Crippen LogP contribution in [0.2, 0.25) is 0 Å². The molecule has 1 aliphatic heterocycles. The van der Waals surface area contributed by atoms with E-state index in [-0.39, 0.29) is 12.5 Å². The second-order valence-corrected chi connectivity index (χ2v) is 6.36. The summed E-state index contributed by atoms with van der Waals surface area (Å²) in [6.07, 6.45) is -0.619. The molecule has 1 N–H and O–H groups in total. The van der Waals surface area contributed by atoms with Gasteiger partial charge in [0.2, 0.25) is 6.10 Å². The fourth-order valence-electron chi connectivity index (χ4n) is 2.92. The molecule has 0 aliphatic carbocycles. The van der Waals surface area contributed by atoms with E-state index in [4.69, 9.17) is 9.47 Å². The van der Waals surface area contributed by atoms with Crippen LogP contribution in [0.15, 0.2) is 48.5 Å².